The highest BCUT2D eigenvalue weighted by atomic mass is 16.6. The van der Waals surface area contributed by atoms with Crippen LogP contribution in [0.4, 0.5) is 0 Å². The molecule has 0 aromatic rings. The number of esters is 3. The lowest BCUT2D eigenvalue weighted by atomic mass is 10.0. The van der Waals surface area contributed by atoms with Crippen LogP contribution < -0.4 is 0 Å². The van der Waals surface area contributed by atoms with E-state index in [1.807, 2.05) is 0 Å². The Kier molecular flexibility index (Phi) is 62.1. The van der Waals surface area contributed by atoms with Crippen LogP contribution >= 0.6 is 0 Å². The standard InChI is InChI=1S/C68H130O6/c1-4-7-10-13-16-19-21-23-25-27-29-30-31-32-33-34-35-36-37-38-40-41-43-45-47-49-52-55-58-61-67(70)73-64-65(63-72-66(69)60-57-54-51-18-15-12-9-6-3)74-68(71)62-59-56-53-50-48-46-44-42-39-28-26-24-22-20-17-14-11-8-5-2/h24,26,65H,4-23,25,27-64H2,1-3H3/b26-24-. The minimum Gasteiger partial charge on any atom is -0.462 e. The van der Waals surface area contributed by atoms with E-state index in [9.17, 15) is 14.4 Å². The zero-order valence-corrected chi connectivity index (χ0v) is 50.4. The van der Waals surface area contributed by atoms with Crippen LogP contribution in [-0.2, 0) is 28.6 Å². The van der Waals surface area contributed by atoms with Crippen LogP contribution in [0.3, 0.4) is 0 Å². The molecule has 74 heavy (non-hydrogen) atoms. The fraction of sp³-hybridized carbons (Fsp3) is 0.926. The van der Waals surface area contributed by atoms with Gasteiger partial charge in [0.05, 0.1) is 0 Å². The molecule has 0 saturated carbocycles. The van der Waals surface area contributed by atoms with E-state index in [0.29, 0.717) is 19.3 Å². The number of hydrogen-bond acceptors (Lipinski definition) is 6. The Morgan fingerprint density at radius 1 is 0.257 bits per heavy atom. The van der Waals surface area contributed by atoms with Gasteiger partial charge in [-0.3, -0.25) is 14.4 Å². The molecule has 0 saturated heterocycles. The summed E-state index contributed by atoms with van der Waals surface area (Å²) < 4.78 is 16.9. The summed E-state index contributed by atoms with van der Waals surface area (Å²) in [7, 11) is 0. The molecule has 1 atom stereocenters. The van der Waals surface area contributed by atoms with E-state index in [1.165, 1.54) is 289 Å². The van der Waals surface area contributed by atoms with E-state index >= 15 is 0 Å². The maximum absolute atomic E-state index is 12.9. The highest BCUT2D eigenvalue weighted by Crippen LogP contribution is 2.19. The van der Waals surface area contributed by atoms with Gasteiger partial charge in [-0.15, -0.1) is 0 Å². The van der Waals surface area contributed by atoms with Crippen LogP contribution in [0, 0.1) is 0 Å². The molecule has 0 amide bonds. The quantitative estimate of drug-likeness (QED) is 0.0261. The second-order valence-electron chi connectivity index (χ2n) is 23.1. The summed E-state index contributed by atoms with van der Waals surface area (Å²) in [6.45, 7) is 6.68. The third kappa shape index (κ3) is 61.0. The van der Waals surface area contributed by atoms with E-state index in [2.05, 4.69) is 32.9 Å². The summed E-state index contributed by atoms with van der Waals surface area (Å²) in [4.78, 5) is 38.1. The Morgan fingerprint density at radius 2 is 0.446 bits per heavy atom. The van der Waals surface area contributed by atoms with Gasteiger partial charge in [0.15, 0.2) is 6.10 Å². The minimum absolute atomic E-state index is 0.0648. The molecule has 0 fully saturated rings. The van der Waals surface area contributed by atoms with Gasteiger partial charge < -0.3 is 14.2 Å². The van der Waals surface area contributed by atoms with E-state index in [4.69, 9.17) is 14.2 Å². The zero-order chi connectivity index (χ0) is 53.6. The monoisotopic (exact) mass is 1040 g/mol. The Bertz CT molecular complexity index is 1150. The van der Waals surface area contributed by atoms with E-state index in [1.54, 1.807) is 0 Å². The van der Waals surface area contributed by atoms with Crippen molar-refractivity contribution < 1.29 is 28.6 Å². The first-order valence-electron chi connectivity index (χ1n) is 33.7. The number of rotatable bonds is 63. The first-order chi connectivity index (χ1) is 36.5. The topological polar surface area (TPSA) is 78.9 Å². The maximum atomic E-state index is 12.9. The molecule has 0 aliphatic heterocycles. The number of ether oxygens (including phenoxy) is 3. The lowest BCUT2D eigenvalue weighted by Gasteiger charge is -2.18. The lowest BCUT2D eigenvalue weighted by molar-refractivity contribution is -0.167. The molecule has 0 radical (unpaired) electrons. The normalized spacial score (nSPS) is 12.0. The molecule has 0 heterocycles. The van der Waals surface area contributed by atoms with Gasteiger partial charge in [-0.05, 0) is 44.9 Å². The SMILES string of the molecule is CCCCCCCC/C=C\CCCCCCCCCCCC(=O)OC(COC(=O)CCCCCCCCCC)COC(=O)CCCCCCCCCCCCCCCCCCCCCCCCCCCCCCC. The number of unbranched alkanes of at least 4 members (excludes halogenated alkanes) is 50. The van der Waals surface area contributed by atoms with E-state index in [-0.39, 0.29) is 31.1 Å². The molecule has 0 aliphatic rings. The predicted octanol–water partition coefficient (Wildman–Crippen LogP) is 22.8. The summed E-state index contributed by atoms with van der Waals surface area (Å²) >= 11 is 0. The van der Waals surface area contributed by atoms with Gasteiger partial charge >= 0.3 is 17.9 Å². The van der Waals surface area contributed by atoms with Crippen LogP contribution in [0.2, 0.25) is 0 Å². The first-order valence-corrected chi connectivity index (χ1v) is 33.7. The van der Waals surface area contributed by atoms with Crippen LogP contribution in [0.1, 0.15) is 387 Å². The summed E-state index contributed by atoms with van der Waals surface area (Å²) in [5.74, 6) is -0.843. The number of allylic oxidation sites excluding steroid dienone is 2. The molecule has 6 heteroatoms. The molecular formula is C68H130O6. The smallest absolute Gasteiger partial charge is 0.306 e. The van der Waals surface area contributed by atoms with Crippen molar-refractivity contribution >= 4 is 17.9 Å². The maximum Gasteiger partial charge on any atom is 0.306 e. The van der Waals surface area contributed by atoms with Gasteiger partial charge in [0.25, 0.3) is 0 Å². The molecular weight excluding hydrogens is 913 g/mol. The van der Waals surface area contributed by atoms with Crippen LogP contribution in [-0.4, -0.2) is 37.2 Å². The van der Waals surface area contributed by atoms with Crippen molar-refractivity contribution in [2.45, 2.75) is 393 Å². The predicted molar refractivity (Wildman–Crippen MR) is 321 cm³/mol. The number of carbonyl (C=O) groups excluding carboxylic acids is 3. The Morgan fingerprint density at radius 3 is 0.676 bits per heavy atom. The van der Waals surface area contributed by atoms with Crippen LogP contribution in [0.25, 0.3) is 0 Å². The molecule has 0 aromatic carbocycles. The third-order valence-corrected chi connectivity index (χ3v) is 15.5. The summed E-state index contributed by atoms with van der Waals surface area (Å²) in [6, 6.07) is 0. The molecule has 6 nitrogen and oxygen atoms in total. The molecule has 0 N–H and O–H groups in total. The van der Waals surface area contributed by atoms with Gasteiger partial charge in [0, 0.05) is 19.3 Å². The summed E-state index contributed by atoms with van der Waals surface area (Å²) in [5, 5.41) is 0. The second kappa shape index (κ2) is 63.7. The van der Waals surface area contributed by atoms with E-state index in [0.717, 1.165) is 57.8 Å². The average molecular weight is 1040 g/mol. The van der Waals surface area contributed by atoms with Crippen molar-refractivity contribution in [1.29, 1.82) is 0 Å². The highest BCUT2D eigenvalue weighted by molar-refractivity contribution is 5.71. The first kappa shape index (κ1) is 72.2. The molecule has 0 aromatic heterocycles. The zero-order valence-electron chi connectivity index (χ0n) is 50.4. The lowest BCUT2D eigenvalue weighted by Crippen LogP contribution is -2.30. The van der Waals surface area contributed by atoms with Crippen LogP contribution in [0.15, 0.2) is 12.2 Å². The molecule has 438 valence electrons. The molecule has 0 rings (SSSR count). The largest absolute Gasteiger partial charge is 0.462 e. The third-order valence-electron chi connectivity index (χ3n) is 15.5. The number of hydrogen-bond donors (Lipinski definition) is 0. The Hall–Kier alpha value is -1.85. The van der Waals surface area contributed by atoms with Crippen molar-refractivity contribution in [3.05, 3.63) is 12.2 Å². The van der Waals surface area contributed by atoms with Crippen molar-refractivity contribution in [3.63, 3.8) is 0 Å². The molecule has 0 spiro atoms. The van der Waals surface area contributed by atoms with Gasteiger partial charge in [-0.25, -0.2) is 0 Å². The summed E-state index contributed by atoms with van der Waals surface area (Å²) in [5.41, 5.74) is 0. The Labute approximate surface area is 462 Å². The van der Waals surface area contributed by atoms with Gasteiger partial charge in [-0.2, -0.15) is 0 Å². The van der Waals surface area contributed by atoms with Crippen molar-refractivity contribution in [1.82, 2.24) is 0 Å². The van der Waals surface area contributed by atoms with Crippen molar-refractivity contribution in [2.24, 2.45) is 0 Å². The second-order valence-corrected chi connectivity index (χ2v) is 23.1. The summed E-state index contributed by atoms with van der Waals surface area (Å²) in [6.07, 6.45) is 75.5. The van der Waals surface area contributed by atoms with Gasteiger partial charge in [0.2, 0.25) is 0 Å². The average Bonchev–Trinajstić information content (AvgIpc) is 3.40. The molecule has 0 bridgehead atoms. The van der Waals surface area contributed by atoms with Gasteiger partial charge in [-0.1, -0.05) is 335 Å². The minimum atomic E-state index is -0.765. The van der Waals surface area contributed by atoms with Crippen molar-refractivity contribution in [2.75, 3.05) is 13.2 Å². The van der Waals surface area contributed by atoms with Crippen molar-refractivity contribution in [3.8, 4) is 0 Å². The highest BCUT2D eigenvalue weighted by Gasteiger charge is 2.19. The molecule has 1 unspecified atom stereocenters. The Balaban J connectivity index is 4.03. The fourth-order valence-corrected chi connectivity index (χ4v) is 10.4. The van der Waals surface area contributed by atoms with Gasteiger partial charge in [0.1, 0.15) is 13.2 Å². The number of carbonyl (C=O) groups is 3. The fourth-order valence-electron chi connectivity index (χ4n) is 10.4. The molecule has 0 aliphatic carbocycles. The van der Waals surface area contributed by atoms with Crippen LogP contribution in [0.5, 0.6) is 0 Å². The van der Waals surface area contributed by atoms with E-state index < -0.39 is 6.10 Å².